The summed E-state index contributed by atoms with van der Waals surface area (Å²) >= 11 is 0. The molecule has 1 aromatic rings. The van der Waals surface area contributed by atoms with Crippen molar-refractivity contribution in [3.05, 3.63) is 24.3 Å². The molecule has 1 aliphatic heterocycles. The van der Waals surface area contributed by atoms with Crippen LogP contribution in [0.25, 0.3) is 0 Å². The van der Waals surface area contributed by atoms with Crippen LogP contribution < -0.4 is 25.6 Å². The molecular weight excluding hydrogens is 290 g/mol. The topological polar surface area (TPSA) is 106 Å². The highest BCUT2D eigenvalue weighted by atomic mass is 16.5. The van der Waals surface area contributed by atoms with E-state index in [0.29, 0.717) is 5.75 Å². The second-order valence-electron chi connectivity index (χ2n) is 4.61. The molecule has 0 aliphatic carbocycles. The van der Waals surface area contributed by atoms with Crippen molar-refractivity contribution in [2.75, 3.05) is 20.3 Å². The summed E-state index contributed by atoms with van der Waals surface area (Å²) in [6.45, 7) is 0.557. The highest BCUT2D eigenvalue weighted by Gasteiger charge is 2.34. The number of benzene rings is 1. The van der Waals surface area contributed by atoms with Crippen molar-refractivity contribution in [1.29, 1.82) is 0 Å². The van der Waals surface area contributed by atoms with Gasteiger partial charge in [0, 0.05) is 6.42 Å². The Balaban J connectivity index is 1.66. The number of carbonyl (C=O) groups excluding carboxylic acids is 3. The van der Waals surface area contributed by atoms with E-state index < -0.39 is 17.7 Å². The number of amides is 3. The van der Waals surface area contributed by atoms with Crippen LogP contribution in [0.3, 0.4) is 0 Å². The quantitative estimate of drug-likeness (QED) is 0.459. The van der Waals surface area contributed by atoms with Crippen molar-refractivity contribution in [2.24, 2.45) is 5.92 Å². The fourth-order valence-corrected chi connectivity index (χ4v) is 1.89. The van der Waals surface area contributed by atoms with Crippen LogP contribution in [0.4, 0.5) is 0 Å². The van der Waals surface area contributed by atoms with E-state index in [0.717, 1.165) is 5.75 Å². The van der Waals surface area contributed by atoms with Gasteiger partial charge >= 0.3 is 0 Å². The van der Waals surface area contributed by atoms with Crippen LogP contribution in [0, 0.1) is 5.92 Å². The van der Waals surface area contributed by atoms with Gasteiger partial charge in [-0.1, -0.05) is 0 Å². The van der Waals surface area contributed by atoms with Crippen LogP contribution in [-0.2, 0) is 14.4 Å². The Hall–Kier alpha value is -2.77. The van der Waals surface area contributed by atoms with Gasteiger partial charge < -0.3 is 14.8 Å². The zero-order valence-corrected chi connectivity index (χ0v) is 12.0. The third-order valence-electron chi connectivity index (χ3n) is 3.08. The number of nitrogens with one attached hydrogen (secondary N) is 3. The van der Waals surface area contributed by atoms with Gasteiger partial charge in [-0.15, -0.1) is 0 Å². The van der Waals surface area contributed by atoms with Gasteiger partial charge in [0.15, 0.2) is 0 Å². The molecule has 8 heteroatoms. The van der Waals surface area contributed by atoms with Crippen LogP contribution >= 0.6 is 0 Å². The summed E-state index contributed by atoms with van der Waals surface area (Å²) in [5.41, 5.74) is 4.34. The molecule has 118 valence electrons. The van der Waals surface area contributed by atoms with Gasteiger partial charge in [-0.3, -0.25) is 25.2 Å². The lowest BCUT2D eigenvalue weighted by Crippen LogP contribution is -2.32. The molecule has 22 heavy (non-hydrogen) atoms. The summed E-state index contributed by atoms with van der Waals surface area (Å²) in [5.74, 6) is -0.944. The van der Waals surface area contributed by atoms with E-state index in [9.17, 15) is 14.4 Å². The van der Waals surface area contributed by atoms with Crippen LogP contribution in [0.2, 0.25) is 0 Å². The molecule has 0 aromatic heterocycles. The smallest absolute Gasteiger partial charge is 0.251 e. The molecule has 1 aromatic carbocycles. The normalized spacial score (nSPS) is 14.2. The molecule has 0 unspecified atom stereocenters. The van der Waals surface area contributed by atoms with Crippen molar-refractivity contribution < 1.29 is 23.9 Å². The van der Waals surface area contributed by atoms with E-state index in [-0.39, 0.29) is 25.5 Å². The minimum atomic E-state index is -0.970. The average Bonchev–Trinajstić information content (AvgIpc) is 2.84. The number of rotatable bonds is 7. The lowest BCUT2D eigenvalue weighted by molar-refractivity contribution is -0.133. The molecule has 0 bridgehead atoms. The summed E-state index contributed by atoms with van der Waals surface area (Å²) in [6.07, 6.45) is -0.180. The molecule has 1 saturated heterocycles. The predicted octanol–water partition coefficient (Wildman–Crippen LogP) is -0.642. The summed E-state index contributed by atoms with van der Waals surface area (Å²) in [5, 5.41) is 2.59. The largest absolute Gasteiger partial charge is 0.497 e. The van der Waals surface area contributed by atoms with E-state index in [1.54, 1.807) is 31.4 Å². The fourth-order valence-electron chi connectivity index (χ4n) is 1.89. The molecule has 8 nitrogen and oxygen atoms in total. The molecule has 1 fully saturated rings. The number of carbonyl (C=O) groups is 3. The molecule has 3 N–H and O–H groups in total. The highest BCUT2D eigenvalue weighted by Crippen LogP contribution is 2.16. The Kier molecular flexibility index (Phi) is 5.18. The minimum Gasteiger partial charge on any atom is -0.497 e. The first-order chi connectivity index (χ1) is 10.6. The van der Waals surface area contributed by atoms with Gasteiger partial charge in [-0.2, -0.15) is 0 Å². The van der Waals surface area contributed by atoms with Gasteiger partial charge in [0.05, 0.1) is 13.7 Å². The average molecular weight is 307 g/mol. The van der Waals surface area contributed by atoms with E-state index in [1.165, 1.54) is 0 Å². The third kappa shape index (κ3) is 4.11. The van der Waals surface area contributed by atoms with Crippen LogP contribution in [-0.4, -0.2) is 38.0 Å². The standard InChI is InChI=1S/C14H17N3O5/c1-21-9-2-4-10(5-3-9)22-7-6-15-12(18)8-11-13(19)16-17-14(11)20/h2-5,11H,6-8H2,1H3,(H,15,18)(H,16,19)(H,17,20). The molecule has 1 heterocycles. The molecular formula is C14H17N3O5. The highest BCUT2D eigenvalue weighted by molar-refractivity contribution is 6.07. The second kappa shape index (κ2) is 7.30. The van der Waals surface area contributed by atoms with Gasteiger partial charge in [0.2, 0.25) is 5.91 Å². The summed E-state index contributed by atoms with van der Waals surface area (Å²) < 4.78 is 10.5. The number of ether oxygens (including phenoxy) is 2. The Bertz CT molecular complexity index is 542. The molecule has 3 amide bonds. The molecule has 1 aliphatic rings. The lowest BCUT2D eigenvalue weighted by atomic mass is 10.1. The Labute approximate surface area is 127 Å². The van der Waals surface area contributed by atoms with Gasteiger partial charge in [0.1, 0.15) is 24.0 Å². The van der Waals surface area contributed by atoms with E-state index in [2.05, 4.69) is 16.2 Å². The molecule has 0 spiro atoms. The maximum Gasteiger partial charge on any atom is 0.251 e. The van der Waals surface area contributed by atoms with E-state index >= 15 is 0 Å². The SMILES string of the molecule is COc1ccc(OCCNC(=O)CC2C(=O)NNC2=O)cc1. The first-order valence-corrected chi connectivity index (χ1v) is 6.73. The fraction of sp³-hybridized carbons (Fsp3) is 0.357. The van der Waals surface area contributed by atoms with Crippen molar-refractivity contribution >= 4 is 17.7 Å². The second-order valence-corrected chi connectivity index (χ2v) is 4.61. The van der Waals surface area contributed by atoms with Crippen LogP contribution in [0.15, 0.2) is 24.3 Å². The Morgan fingerprint density at radius 3 is 2.32 bits per heavy atom. The third-order valence-corrected chi connectivity index (χ3v) is 3.08. The first-order valence-electron chi connectivity index (χ1n) is 6.73. The summed E-state index contributed by atoms with van der Waals surface area (Å²) in [7, 11) is 1.58. The van der Waals surface area contributed by atoms with Crippen molar-refractivity contribution in [1.82, 2.24) is 16.2 Å². The van der Waals surface area contributed by atoms with E-state index in [4.69, 9.17) is 9.47 Å². The molecule has 0 atom stereocenters. The van der Waals surface area contributed by atoms with Crippen LogP contribution in [0.1, 0.15) is 6.42 Å². The maximum absolute atomic E-state index is 11.6. The van der Waals surface area contributed by atoms with Crippen molar-refractivity contribution in [2.45, 2.75) is 6.42 Å². The van der Waals surface area contributed by atoms with Crippen molar-refractivity contribution in [3.63, 3.8) is 0 Å². The Morgan fingerprint density at radius 2 is 1.73 bits per heavy atom. The van der Waals surface area contributed by atoms with Crippen LogP contribution in [0.5, 0.6) is 11.5 Å². The summed E-state index contributed by atoms with van der Waals surface area (Å²) in [4.78, 5) is 34.2. The van der Waals surface area contributed by atoms with E-state index in [1.807, 2.05) is 0 Å². The molecule has 2 rings (SSSR count). The number of hydrazine groups is 1. The molecule has 0 radical (unpaired) electrons. The number of hydrogen-bond donors (Lipinski definition) is 3. The van der Waals surface area contributed by atoms with Gasteiger partial charge in [0.25, 0.3) is 11.8 Å². The monoisotopic (exact) mass is 307 g/mol. The van der Waals surface area contributed by atoms with Gasteiger partial charge in [-0.25, -0.2) is 0 Å². The predicted molar refractivity (Wildman–Crippen MR) is 75.9 cm³/mol. The number of hydrogen-bond acceptors (Lipinski definition) is 5. The zero-order valence-electron chi connectivity index (χ0n) is 12.0. The number of methoxy groups -OCH3 is 1. The zero-order chi connectivity index (χ0) is 15.9. The maximum atomic E-state index is 11.6. The first kappa shape index (κ1) is 15.6. The van der Waals surface area contributed by atoms with Crippen molar-refractivity contribution in [3.8, 4) is 11.5 Å². The minimum absolute atomic E-state index is 0.180. The summed E-state index contributed by atoms with van der Waals surface area (Å²) in [6, 6.07) is 7.05. The molecule has 0 saturated carbocycles. The van der Waals surface area contributed by atoms with Gasteiger partial charge in [-0.05, 0) is 24.3 Å². The lowest BCUT2D eigenvalue weighted by Gasteiger charge is -2.09. The Morgan fingerprint density at radius 1 is 1.14 bits per heavy atom.